The number of hydrogen-bond donors (Lipinski definition) is 2. The standard InChI is InChI=1S/C9H14ClN3.3ClH/c1-2-7(11)9(12)8-4-3-6(10)5-13-8;;;/h3-5,7,9H,2,11-12H2,1H3;3*1H. The van der Waals surface area contributed by atoms with Crippen molar-refractivity contribution in [2.75, 3.05) is 0 Å². The van der Waals surface area contributed by atoms with Crippen molar-refractivity contribution in [1.82, 2.24) is 4.98 Å². The lowest BCUT2D eigenvalue weighted by Crippen LogP contribution is -2.33. The van der Waals surface area contributed by atoms with Gasteiger partial charge >= 0.3 is 0 Å². The topological polar surface area (TPSA) is 64.9 Å². The highest BCUT2D eigenvalue weighted by Gasteiger charge is 2.14. The third kappa shape index (κ3) is 6.09. The molecular formula is C9H17Cl4N3. The average molecular weight is 309 g/mol. The van der Waals surface area contributed by atoms with Gasteiger partial charge in [0, 0.05) is 12.2 Å². The lowest BCUT2D eigenvalue weighted by atomic mass is 10.0. The van der Waals surface area contributed by atoms with Crippen molar-refractivity contribution in [2.45, 2.75) is 25.4 Å². The van der Waals surface area contributed by atoms with Gasteiger partial charge in [-0.15, -0.1) is 37.2 Å². The molecule has 1 aromatic rings. The highest BCUT2D eigenvalue weighted by Crippen LogP contribution is 2.14. The van der Waals surface area contributed by atoms with Gasteiger partial charge in [0.25, 0.3) is 0 Å². The number of pyridine rings is 1. The summed E-state index contributed by atoms with van der Waals surface area (Å²) in [6.45, 7) is 2.00. The lowest BCUT2D eigenvalue weighted by molar-refractivity contribution is 0.522. The van der Waals surface area contributed by atoms with Gasteiger partial charge in [0.2, 0.25) is 0 Å². The molecule has 96 valence electrons. The van der Waals surface area contributed by atoms with E-state index in [0.29, 0.717) is 5.02 Å². The van der Waals surface area contributed by atoms with Gasteiger partial charge in [-0.25, -0.2) is 0 Å². The first-order valence-corrected chi connectivity index (χ1v) is 4.65. The number of halogens is 4. The summed E-state index contributed by atoms with van der Waals surface area (Å²) in [7, 11) is 0. The average Bonchev–Trinajstić information content (AvgIpc) is 2.17. The van der Waals surface area contributed by atoms with E-state index < -0.39 is 0 Å². The minimum absolute atomic E-state index is 0. The molecular weight excluding hydrogens is 292 g/mol. The van der Waals surface area contributed by atoms with Crippen molar-refractivity contribution in [1.29, 1.82) is 0 Å². The van der Waals surface area contributed by atoms with E-state index in [9.17, 15) is 0 Å². The van der Waals surface area contributed by atoms with Crippen LogP contribution in [0.4, 0.5) is 0 Å². The molecule has 0 bridgehead atoms. The first-order chi connectivity index (χ1) is 6.15. The monoisotopic (exact) mass is 307 g/mol. The third-order valence-corrected chi connectivity index (χ3v) is 2.25. The highest BCUT2D eigenvalue weighted by atomic mass is 35.5. The van der Waals surface area contributed by atoms with Crippen LogP contribution in [0.5, 0.6) is 0 Å². The van der Waals surface area contributed by atoms with Crippen molar-refractivity contribution in [2.24, 2.45) is 11.5 Å². The normalized spacial score (nSPS) is 12.5. The Labute approximate surface area is 120 Å². The zero-order valence-electron chi connectivity index (χ0n) is 8.80. The van der Waals surface area contributed by atoms with Crippen LogP contribution in [0.25, 0.3) is 0 Å². The molecule has 1 heterocycles. The number of hydrogen-bond acceptors (Lipinski definition) is 3. The van der Waals surface area contributed by atoms with Crippen LogP contribution in [-0.4, -0.2) is 11.0 Å². The molecule has 1 rings (SSSR count). The van der Waals surface area contributed by atoms with Crippen molar-refractivity contribution in [3.05, 3.63) is 29.0 Å². The molecule has 0 amide bonds. The summed E-state index contributed by atoms with van der Waals surface area (Å²) in [6.07, 6.45) is 2.42. The molecule has 0 saturated heterocycles. The first-order valence-electron chi connectivity index (χ1n) is 4.27. The second-order valence-corrected chi connectivity index (χ2v) is 3.44. The number of aromatic nitrogens is 1. The quantitative estimate of drug-likeness (QED) is 0.902. The molecule has 3 nitrogen and oxygen atoms in total. The Balaban J connectivity index is -0.000000563. The summed E-state index contributed by atoms with van der Waals surface area (Å²) in [6, 6.07) is 3.32. The Morgan fingerprint density at radius 2 is 1.81 bits per heavy atom. The van der Waals surface area contributed by atoms with Gasteiger partial charge in [0.05, 0.1) is 16.8 Å². The smallest absolute Gasteiger partial charge is 0.0623 e. The summed E-state index contributed by atoms with van der Waals surface area (Å²) in [5.74, 6) is 0. The molecule has 0 aliphatic carbocycles. The molecule has 0 radical (unpaired) electrons. The Kier molecular flexibility index (Phi) is 14.0. The van der Waals surface area contributed by atoms with Crippen LogP contribution >= 0.6 is 48.8 Å². The minimum atomic E-state index is -0.206. The zero-order chi connectivity index (χ0) is 9.84. The fourth-order valence-corrected chi connectivity index (χ4v) is 1.17. The molecule has 0 spiro atoms. The summed E-state index contributed by atoms with van der Waals surface area (Å²) in [5.41, 5.74) is 12.4. The van der Waals surface area contributed by atoms with Crippen molar-refractivity contribution < 1.29 is 0 Å². The Morgan fingerprint density at radius 3 is 2.19 bits per heavy atom. The fourth-order valence-electron chi connectivity index (χ4n) is 1.06. The second-order valence-electron chi connectivity index (χ2n) is 3.00. The number of nitrogens with zero attached hydrogens (tertiary/aromatic N) is 1. The van der Waals surface area contributed by atoms with Gasteiger partial charge < -0.3 is 11.5 Å². The summed E-state index contributed by atoms with van der Waals surface area (Å²) in [4.78, 5) is 4.11. The van der Waals surface area contributed by atoms with Crippen LogP contribution in [0.1, 0.15) is 25.1 Å². The highest BCUT2D eigenvalue weighted by molar-refractivity contribution is 6.30. The maximum Gasteiger partial charge on any atom is 0.0623 e. The largest absolute Gasteiger partial charge is 0.326 e. The van der Waals surface area contributed by atoms with Gasteiger partial charge in [0.15, 0.2) is 0 Å². The van der Waals surface area contributed by atoms with E-state index in [-0.39, 0.29) is 49.3 Å². The van der Waals surface area contributed by atoms with Crippen molar-refractivity contribution >= 4 is 48.8 Å². The molecule has 2 atom stereocenters. The summed E-state index contributed by atoms with van der Waals surface area (Å²) in [5, 5.41) is 0.612. The first kappa shape index (κ1) is 21.5. The van der Waals surface area contributed by atoms with Gasteiger partial charge in [0.1, 0.15) is 0 Å². The molecule has 0 saturated carbocycles. The molecule has 0 aliphatic rings. The predicted molar refractivity (Wildman–Crippen MR) is 76.2 cm³/mol. The molecule has 16 heavy (non-hydrogen) atoms. The Bertz CT molecular complexity index is 268. The van der Waals surface area contributed by atoms with Gasteiger partial charge in [-0.1, -0.05) is 18.5 Å². The maximum atomic E-state index is 5.87. The van der Waals surface area contributed by atoms with E-state index >= 15 is 0 Å². The number of nitrogens with two attached hydrogens (primary N) is 2. The molecule has 2 unspecified atom stereocenters. The molecule has 4 N–H and O–H groups in total. The Morgan fingerprint density at radius 1 is 1.25 bits per heavy atom. The van der Waals surface area contributed by atoms with Crippen LogP contribution < -0.4 is 11.5 Å². The number of rotatable bonds is 3. The van der Waals surface area contributed by atoms with Gasteiger partial charge in [-0.2, -0.15) is 0 Å². The van der Waals surface area contributed by atoms with E-state index in [1.165, 1.54) is 0 Å². The zero-order valence-corrected chi connectivity index (χ0v) is 12.0. The third-order valence-electron chi connectivity index (χ3n) is 2.02. The van der Waals surface area contributed by atoms with E-state index in [0.717, 1.165) is 12.1 Å². The van der Waals surface area contributed by atoms with Crippen LogP contribution in [0.3, 0.4) is 0 Å². The van der Waals surface area contributed by atoms with Gasteiger partial charge in [-0.3, -0.25) is 4.98 Å². The van der Waals surface area contributed by atoms with Crippen LogP contribution in [0, 0.1) is 0 Å². The van der Waals surface area contributed by atoms with E-state index in [1.54, 1.807) is 12.3 Å². The Hall–Kier alpha value is 0.230. The molecule has 0 fully saturated rings. The predicted octanol–water partition coefficient (Wildman–Crippen LogP) is 2.74. The maximum absolute atomic E-state index is 5.87. The molecule has 0 aromatic carbocycles. The van der Waals surface area contributed by atoms with Crippen LogP contribution in [0.15, 0.2) is 18.3 Å². The van der Waals surface area contributed by atoms with Crippen molar-refractivity contribution in [3.63, 3.8) is 0 Å². The summed E-state index contributed by atoms with van der Waals surface area (Å²) >= 11 is 5.70. The van der Waals surface area contributed by atoms with E-state index in [2.05, 4.69) is 4.98 Å². The fraction of sp³-hybridized carbons (Fsp3) is 0.444. The van der Waals surface area contributed by atoms with Crippen LogP contribution in [0.2, 0.25) is 5.02 Å². The molecule has 0 aliphatic heterocycles. The van der Waals surface area contributed by atoms with Gasteiger partial charge in [-0.05, 0) is 18.6 Å². The molecule has 1 aromatic heterocycles. The molecule has 7 heteroatoms. The second kappa shape index (κ2) is 10.4. The minimum Gasteiger partial charge on any atom is -0.326 e. The van der Waals surface area contributed by atoms with Crippen molar-refractivity contribution in [3.8, 4) is 0 Å². The van der Waals surface area contributed by atoms with E-state index in [1.807, 2.05) is 13.0 Å². The summed E-state index contributed by atoms with van der Waals surface area (Å²) < 4.78 is 0. The SMILES string of the molecule is CCC(N)C(N)c1ccc(Cl)cn1.Cl.Cl.Cl. The van der Waals surface area contributed by atoms with Crippen LogP contribution in [-0.2, 0) is 0 Å². The van der Waals surface area contributed by atoms with E-state index in [4.69, 9.17) is 23.1 Å². The lowest BCUT2D eigenvalue weighted by Gasteiger charge is -2.17.